The molecule has 2 aromatic rings. The highest BCUT2D eigenvalue weighted by Gasteiger charge is 2.31. The molecule has 1 aromatic heterocycles. The van der Waals surface area contributed by atoms with E-state index in [1.807, 2.05) is 0 Å². The third-order valence-corrected chi connectivity index (χ3v) is 6.30. The summed E-state index contributed by atoms with van der Waals surface area (Å²) in [6.45, 7) is 1.63. The highest BCUT2D eigenvalue weighted by atomic mass is 32.2. The average molecular weight is 341 g/mol. The third kappa shape index (κ3) is 2.79. The molecule has 22 heavy (non-hydrogen) atoms. The summed E-state index contributed by atoms with van der Waals surface area (Å²) in [6, 6.07) is 5.74. The lowest BCUT2D eigenvalue weighted by Crippen LogP contribution is -2.28. The van der Waals surface area contributed by atoms with Crippen molar-refractivity contribution in [1.82, 2.24) is 0 Å². The van der Waals surface area contributed by atoms with Crippen LogP contribution in [0.25, 0.3) is 0 Å². The number of anilines is 1. The van der Waals surface area contributed by atoms with Gasteiger partial charge in [-0.3, -0.25) is 4.31 Å². The molecule has 0 aliphatic rings. The Hall–Kier alpha value is -2.06. The lowest BCUT2D eigenvalue weighted by Gasteiger charge is -2.20. The van der Waals surface area contributed by atoms with E-state index in [4.69, 9.17) is 0 Å². The Morgan fingerprint density at radius 2 is 1.86 bits per heavy atom. The lowest BCUT2D eigenvalue weighted by molar-refractivity contribution is 0.0602. The smallest absolute Gasteiger partial charge is 0.349 e. The van der Waals surface area contributed by atoms with Crippen molar-refractivity contribution in [3.63, 3.8) is 0 Å². The van der Waals surface area contributed by atoms with E-state index in [1.54, 1.807) is 12.3 Å². The summed E-state index contributed by atoms with van der Waals surface area (Å²) in [6.07, 6.45) is 0. The van der Waals surface area contributed by atoms with Crippen molar-refractivity contribution in [2.75, 3.05) is 18.5 Å². The van der Waals surface area contributed by atoms with Gasteiger partial charge in [-0.1, -0.05) is 0 Å². The molecule has 0 fully saturated rings. The zero-order valence-corrected chi connectivity index (χ0v) is 13.9. The zero-order chi connectivity index (χ0) is 16.5. The zero-order valence-electron chi connectivity index (χ0n) is 12.2. The largest absolute Gasteiger partial charge is 0.508 e. The summed E-state index contributed by atoms with van der Waals surface area (Å²) >= 11 is 1.03. The van der Waals surface area contributed by atoms with Crippen LogP contribution in [0, 0.1) is 6.92 Å². The molecule has 0 radical (unpaired) electrons. The van der Waals surface area contributed by atoms with E-state index in [0.717, 1.165) is 15.6 Å². The Balaban J connectivity index is 2.53. The number of benzene rings is 1. The summed E-state index contributed by atoms with van der Waals surface area (Å²) in [4.78, 5) is 11.8. The van der Waals surface area contributed by atoms with Crippen LogP contribution < -0.4 is 4.31 Å². The van der Waals surface area contributed by atoms with Gasteiger partial charge in [0.15, 0.2) is 0 Å². The van der Waals surface area contributed by atoms with E-state index in [1.165, 1.54) is 38.4 Å². The van der Waals surface area contributed by atoms with Gasteiger partial charge in [-0.25, -0.2) is 13.2 Å². The molecule has 0 unspecified atom stereocenters. The van der Waals surface area contributed by atoms with E-state index in [-0.39, 0.29) is 15.5 Å². The first-order valence-electron chi connectivity index (χ1n) is 6.23. The predicted molar refractivity (Wildman–Crippen MR) is 84.1 cm³/mol. The molecule has 0 aliphatic carbocycles. The molecule has 2 rings (SSSR count). The van der Waals surface area contributed by atoms with E-state index in [9.17, 15) is 18.3 Å². The topological polar surface area (TPSA) is 83.9 Å². The second-order valence-corrected chi connectivity index (χ2v) is 7.34. The van der Waals surface area contributed by atoms with Crippen molar-refractivity contribution in [2.45, 2.75) is 11.8 Å². The van der Waals surface area contributed by atoms with Crippen molar-refractivity contribution < 1.29 is 23.1 Å². The molecule has 0 saturated heterocycles. The number of carbonyl (C=O) groups is 1. The summed E-state index contributed by atoms with van der Waals surface area (Å²) in [5, 5.41) is 10.9. The molecule has 1 heterocycles. The number of nitrogens with zero attached hydrogens (tertiary/aromatic N) is 1. The molecule has 0 spiro atoms. The standard InChI is InChI=1S/C14H15NO5S2/c1-9-8-21-12(14(17)20-3)13(9)22(18,19)15(2)10-4-6-11(16)7-5-10/h4-8,16H,1-3H3. The SMILES string of the molecule is COC(=O)c1scc(C)c1S(=O)(=O)N(C)c1ccc(O)cc1. The maximum absolute atomic E-state index is 12.8. The van der Waals surface area contributed by atoms with Crippen LogP contribution >= 0.6 is 11.3 Å². The Morgan fingerprint density at radius 1 is 1.27 bits per heavy atom. The Morgan fingerprint density at radius 3 is 2.41 bits per heavy atom. The Kier molecular flexibility index (Phi) is 4.43. The van der Waals surface area contributed by atoms with Gasteiger partial charge in [0.2, 0.25) is 0 Å². The molecule has 0 saturated carbocycles. The Bertz CT molecular complexity index is 793. The maximum atomic E-state index is 12.8. The first kappa shape index (κ1) is 16.3. The van der Waals surface area contributed by atoms with Gasteiger partial charge in [-0.05, 0) is 42.1 Å². The van der Waals surface area contributed by atoms with Crippen LogP contribution in [0.1, 0.15) is 15.2 Å². The number of phenols is 1. The molecular formula is C14H15NO5S2. The fourth-order valence-electron chi connectivity index (χ4n) is 1.93. The second-order valence-electron chi connectivity index (χ2n) is 4.56. The number of sulfonamides is 1. The molecule has 0 aliphatic heterocycles. The number of methoxy groups -OCH3 is 1. The maximum Gasteiger partial charge on any atom is 0.349 e. The van der Waals surface area contributed by atoms with Crippen LogP contribution in [0.3, 0.4) is 0 Å². The molecule has 1 N–H and O–H groups in total. The number of carbonyl (C=O) groups excluding carboxylic acids is 1. The van der Waals surface area contributed by atoms with Crippen LogP contribution in [0.5, 0.6) is 5.75 Å². The molecule has 8 heteroatoms. The van der Waals surface area contributed by atoms with Gasteiger partial charge in [0.25, 0.3) is 10.0 Å². The molecular weight excluding hydrogens is 326 g/mol. The Labute approximate surface area is 132 Å². The molecule has 6 nitrogen and oxygen atoms in total. The van der Waals surface area contributed by atoms with Gasteiger partial charge in [0.05, 0.1) is 12.8 Å². The highest BCUT2D eigenvalue weighted by Crippen LogP contribution is 2.32. The number of thiophene rings is 1. The molecule has 118 valence electrons. The summed E-state index contributed by atoms with van der Waals surface area (Å²) < 4.78 is 31.3. The molecule has 0 amide bonds. The summed E-state index contributed by atoms with van der Waals surface area (Å²) in [5.74, 6) is -0.646. The monoisotopic (exact) mass is 341 g/mol. The predicted octanol–water partition coefficient (Wildman–Crippen LogP) is 2.37. The van der Waals surface area contributed by atoms with Gasteiger partial charge in [0, 0.05) is 7.05 Å². The van der Waals surface area contributed by atoms with Crippen molar-refractivity contribution in [3.05, 3.63) is 40.1 Å². The normalized spacial score (nSPS) is 11.2. The van der Waals surface area contributed by atoms with E-state index in [2.05, 4.69) is 4.74 Å². The van der Waals surface area contributed by atoms with Gasteiger partial charge in [-0.2, -0.15) is 0 Å². The minimum absolute atomic E-state index is 0.0384. The number of esters is 1. The van der Waals surface area contributed by atoms with Gasteiger partial charge in [0.1, 0.15) is 15.5 Å². The van der Waals surface area contributed by atoms with Crippen LogP contribution in [0.4, 0.5) is 5.69 Å². The number of aromatic hydroxyl groups is 1. The first-order valence-corrected chi connectivity index (χ1v) is 8.55. The summed E-state index contributed by atoms with van der Waals surface area (Å²) in [7, 11) is -1.32. The number of hydrogen-bond acceptors (Lipinski definition) is 6. The number of aryl methyl sites for hydroxylation is 1. The quantitative estimate of drug-likeness (QED) is 0.863. The van der Waals surface area contributed by atoms with Crippen molar-refractivity contribution in [3.8, 4) is 5.75 Å². The number of ether oxygens (including phenoxy) is 1. The van der Waals surface area contributed by atoms with Crippen LogP contribution in [0.2, 0.25) is 0 Å². The van der Waals surface area contributed by atoms with Crippen LogP contribution in [0.15, 0.2) is 34.5 Å². The van der Waals surface area contributed by atoms with Crippen LogP contribution in [-0.4, -0.2) is 33.7 Å². The third-order valence-electron chi connectivity index (χ3n) is 3.12. The minimum Gasteiger partial charge on any atom is -0.508 e. The molecule has 0 bridgehead atoms. The first-order chi connectivity index (χ1) is 10.3. The van der Waals surface area contributed by atoms with Gasteiger partial charge < -0.3 is 9.84 Å². The fourth-order valence-corrected chi connectivity index (χ4v) is 4.78. The van der Waals surface area contributed by atoms with Crippen molar-refractivity contribution in [2.24, 2.45) is 0 Å². The number of phenolic OH excluding ortho intramolecular Hbond substituents is 1. The molecule has 0 atom stereocenters. The minimum atomic E-state index is -3.92. The van der Waals surface area contributed by atoms with Gasteiger partial charge >= 0.3 is 5.97 Å². The van der Waals surface area contributed by atoms with Gasteiger partial charge in [-0.15, -0.1) is 11.3 Å². The lowest BCUT2D eigenvalue weighted by atomic mass is 10.3. The fraction of sp³-hybridized carbons (Fsp3) is 0.214. The number of hydrogen-bond donors (Lipinski definition) is 1. The van der Waals surface area contributed by atoms with E-state index < -0.39 is 16.0 Å². The van der Waals surface area contributed by atoms with E-state index >= 15 is 0 Å². The second kappa shape index (κ2) is 5.98. The molecule has 1 aromatic carbocycles. The van der Waals surface area contributed by atoms with Crippen molar-refractivity contribution in [1.29, 1.82) is 0 Å². The highest BCUT2D eigenvalue weighted by molar-refractivity contribution is 7.93. The number of rotatable bonds is 4. The summed E-state index contributed by atoms with van der Waals surface area (Å²) in [5.41, 5.74) is 0.857. The van der Waals surface area contributed by atoms with Crippen molar-refractivity contribution >= 4 is 33.0 Å². The average Bonchev–Trinajstić information content (AvgIpc) is 2.89. The van der Waals surface area contributed by atoms with E-state index in [0.29, 0.717) is 11.3 Å². The van der Waals surface area contributed by atoms with Crippen LogP contribution in [-0.2, 0) is 14.8 Å².